The van der Waals surface area contributed by atoms with Crippen LogP contribution in [0.2, 0.25) is 0 Å². The van der Waals surface area contributed by atoms with Crippen LogP contribution in [0.4, 0.5) is 17.2 Å². The number of rotatable bonds is 3. The summed E-state index contributed by atoms with van der Waals surface area (Å²) in [6.45, 7) is 1.90. The largest absolute Gasteiger partial charge is 0.465 e. The highest BCUT2D eigenvalue weighted by Crippen LogP contribution is 2.22. The molecule has 0 bridgehead atoms. The number of carbonyl (C=O) groups is 1. The lowest BCUT2D eigenvalue weighted by Crippen LogP contribution is -2.06. The molecule has 0 atom stereocenters. The molecule has 98 valence electrons. The molecule has 0 spiro atoms. The van der Waals surface area contributed by atoms with E-state index in [1.54, 1.807) is 24.4 Å². The zero-order valence-electron chi connectivity index (χ0n) is 10.8. The quantitative estimate of drug-likeness (QED) is 0.826. The van der Waals surface area contributed by atoms with Crippen LogP contribution in [0, 0.1) is 6.92 Å². The predicted molar refractivity (Wildman–Crippen MR) is 74.5 cm³/mol. The Balaban J connectivity index is 2.32. The molecule has 0 radical (unpaired) electrons. The fourth-order valence-corrected chi connectivity index (χ4v) is 1.65. The zero-order chi connectivity index (χ0) is 13.8. The Hall–Kier alpha value is -2.56. The number of para-hydroxylation sites is 1. The van der Waals surface area contributed by atoms with E-state index < -0.39 is 5.97 Å². The summed E-state index contributed by atoms with van der Waals surface area (Å²) < 4.78 is 4.74. The number of carbonyl (C=O) groups excluding carboxylic acids is 1. The second kappa shape index (κ2) is 5.39. The molecule has 0 aliphatic heterocycles. The van der Waals surface area contributed by atoms with Gasteiger partial charge in [0, 0.05) is 0 Å². The van der Waals surface area contributed by atoms with Crippen molar-refractivity contribution in [1.82, 2.24) is 4.98 Å². The summed E-state index contributed by atoms with van der Waals surface area (Å²) in [5, 5.41) is 3.09. The number of esters is 1. The topological polar surface area (TPSA) is 77.2 Å². The third kappa shape index (κ3) is 2.82. The van der Waals surface area contributed by atoms with E-state index in [0.29, 0.717) is 22.8 Å². The number of benzene rings is 1. The SMILES string of the molecule is COC(=O)c1ccccc1Nc1cc(C)c(N)cn1. The van der Waals surface area contributed by atoms with E-state index >= 15 is 0 Å². The Labute approximate surface area is 111 Å². The summed E-state index contributed by atoms with van der Waals surface area (Å²) >= 11 is 0. The van der Waals surface area contributed by atoms with Gasteiger partial charge in [0.1, 0.15) is 5.82 Å². The Kier molecular flexibility index (Phi) is 3.66. The first-order valence-corrected chi connectivity index (χ1v) is 5.78. The van der Waals surface area contributed by atoms with Crippen molar-refractivity contribution >= 4 is 23.2 Å². The van der Waals surface area contributed by atoms with Crippen molar-refractivity contribution in [3.8, 4) is 0 Å². The molecule has 0 saturated carbocycles. The van der Waals surface area contributed by atoms with Crippen LogP contribution in [0.25, 0.3) is 0 Å². The number of hydrogen-bond donors (Lipinski definition) is 2. The number of nitrogens with zero attached hydrogens (tertiary/aromatic N) is 1. The summed E-state index contributed by atoms with van der Waals surface area (Å²) in [7, 11) is 1.35. The third-order valence-corrected chi connectivity index (χ3v) is 2.75. The summed E-state index contributed by atoms with van der Waals surface area (Å²) in [4.78, 5) is 15.8. The molecule has 2 aromatic rings. The smallest absolute Gasteiger partial charge is 0.339 e. The normalized spacial score (nSPS) is 10.0. The average Bonchev–Trinajstić information content (AvgIpc) is 2.43. The van der Waals surface area contributed by atoms with Gasteiger partial charge in [-0.25, -0.2) is 9.78 Å². The maximum absolute atomic E-state index is 11.6. The van der Waals surface area contributed by atoms with Crippen molar-refractivity contribution in [2.75, 3.05) is 18.2 Å². The lowest BCUT2D eigenvalue weighted by atomic mass is 10.1. The van der Waals surface area contributed by atoms with Gasteiger partial charge in [-0.15, -0.1) is 0 Å². The van der Waals surface area contributed by atoms with Crippen LogP contribution < -0.4 is 11.1 Å². The maximum atomic E-state index is 11.6. The van der Waals surface area contributed by atoms with E-state index in [9.17, 15) is 4.79 Å². The Bertz CT molecular complexity index is 611. The monoisotopic (exact) mass is 257 g/mol. The molecule has 0 unspecified atom stereocenters. The van der Waals surface area contributed by atoms with E-state index in [0.717, 1.165) is 5.56 Å². The number of methoxy groups -OCH3 is 1. The number of aryl methyl sites for hydroxylation is 1. The Morgan fingerprint density at radius 1 is 1.37 bits per heavy atom. The van der Waals surface area contributed by atoms with Crippen molar-refractivity contribution in [2.45, 2.75) is 6.92 Å². The van der Waals surface area contributed by atoms with E-state index in [-0.39, 0.29) is 0 Å². The minimum Gasteiger partial charge on any atom is -0.465 e. The molecule has 1 aromatic carbocycles. The molecule has 0 saturated heterocycles. The first-order valence-electron chi connectivity index (χ1n) is 5.78. The van der Waals surface area contributed by atoms with Crippen LogP contribution in [0.1, 0.15) is 15.9 Å². The Morgan fingerprint density at radius 2 is 2.11 bits per heavy atom. The minimum absolute atomic E-state index is 0.393. The Morgan fingerprint density at radius 3 is 2.79 bits per heavy atom. The highest BCUT2D eigenvalue weighted by molar-refractivity contribution is 5.96. The fourth-order valence-electron chi connectivity index (χ4n) is 1.65. The number of ether oxygens (including phenoxy) is 1. The molecule has 0 fully saturated rings. The van der Waals surface area contributed by atoms with Gasteiger partial charge in [-0.3, -0.25) is 0 Å². The zero-order valence-corrected chi connectivity index (χ0v) is 10.8. The number of aromatic nitrogens is 1. The fraction of sp³-hybridized carbons (Fsp3) is 0.143. The first-order chi connectivity index (χ1) is 9.11. The van der Waals surface area contributed by atoms with Crippen molar-refractivity contribution in [1.29, 1.82) is 0 Å². The second-order valence-corrected chi connectivity index (χ2v) is 4.09. The summed E-state index contributed by atoms with van der Waals surface area (Å²) in [6, 6.07) is 8.92. The van der Waals surface area contributed by atoms with Gasteiger partial charge < -0.3 is 15.8 Å². The highest BCUT2D eigenvalue weighted by Gasteiger charge is 2.11. The molecule has 5 nitrogen and oxygen atoms in total. The number of nitrogen functional groups attached to an aromatic ring is 1. The van der Waals surface area contributed by atoms with Crippen molar-refractivity contribution in [3.05, 3.63) is 47.7 Å². The van der Waals surface area contributed by atoms with E-state index in [2.05, 4.69) is 10.3 Å². The van der Waals surface area contributed by atoms with Crippen LogP contribution >= 0.6 is 0 Å². The van der Waals surface area contributed by atoms with Crippen LogP contribution in [0.5, 0.6) is 0 Å². The summed E-state index contributed by atoms with van der Waals surface area (Å²) in [6.07, 6.45) is 1.58. The van der Waals surface area contributed by atoms with Gasteiger partial charge in [0.25, 0.3) is 0 Å². The molecule has 5 heteroatoms. The number of anilines is 3. The lowest BCUT2D eigenvalue weighted by molar-refractivity contribution is 0.0602. The van der Waals surface area contributed by atoms with Gasteiger partial charge >= 0.3 is 5.97 Å². The molecule has 0 amide bonds. The predicted octanol–water partition coefficient (Wildman–Crippen LogP) is 2.50. The number of nitrogens with two attached hydrogens (primary N) is 1. The van der Waals surface area contributed by atoms with Gasteiger partial charge in [-0.2, -0.15) is 0 Å². The van der Waals surface area contributed by atoms with Crippen LogP contribution in [-0.2, 0) is 4.74 Å². The van der Waals surface area contributed by atoms with Gasteiger partial charge in [0.15, 0.2) is 0 Å². The number of hydrogen-bond acceptors (Lipinski definition) is 5. The van der Waals surface area contributed by atoms with E-state index in [1.807, 2.05) is 19.1 Å². The summed E-state index contributed by atoms with van der Waals surface area (Å²) in [5.41, 5.74) is 8.38. The van der Waals surface area contributed by atoms with Gasteiger partial charge in [0.05, 0.1) is 30.2 Å². The van der Waals surface area contributed by atoms with E-state index in [1.165, 1.54) is 7.11 Å². The van der Waals surface area contributed by atoms with Gasteiger partial charge in [0.2, 0.25) is 0 Å². The molecule has 1 heterocycles. The van der Waals surface area contributed by atoms with Gasteiger partial charge in [-0.1, -0.05) is 12.1 Å². The maximum Gasteiger partial charge on any atom is 0.339 e. The highest BCUT2D eigenvalue weighted by atomic mass is 16.5. The molecule has 1 aromatic heterocycles. The first kappa shape index (κ1) is 12.9. The minimum atomic E-state index is -0.393. The van der Waals surface area contributed by atoms with Crippen LogP contribution in [0.3, 0.4) is 0 Å². The van der Waals surface area contributed by atoms with Crippen LogP contribution in [-0.4, -0.2) is 18.1 Å². The van der Waals surface area contributed by atoms with Crippen molar-refractivity contribution in [3.63, 3.8) is 0 Å². The molecule has 0 aliphatic carbocycles. The molecule has 19 heavy (non-hydrogen) atoms. The lowest BCUT2D eigenvalue weighted by Gasteiger charge is -2.10. The van der Waals surface area contributed by atoms with E-state index in [4.69, 9.17) is 10.5 Å². The average molecular weight is 257 g/mol. The summed E-state index contributed by atoms with van der Waals surface area (Å²) in [5.74, 6) is 0.235. The molecule has 3 N–H and O–H groups in total. The van der Waals surface area contributed by atoms with Crippen LogP contribution in [0.15, 0.2) is 36.5 Å². The molecular weight excluding hydrogens is 242 g/mol. The molecule has 0 aliphatic rings. The molecular formula is C14H15N3O2. The second-order valence-electron chi connectivity index (χ2n) is 4.09. The molecule has 2 rings (SSSR count). The third-order valence-electron chi connectivity index (χ3n) is 2.75. The van der Waals surface area contributed by atoms with Crippen molar-refractivity contribution < 1.29 is 9.53 Å². The van der Waals surface area contributed by atoms with Crippen molar-refractivity contribution in [2.24, 2.45) is 0 Å². The number of pyridine rings is 1. The number of nitrogens with one attached hydrogen (secondary N) is 1. The van der Waals surface area contributed by atoms with Gasteiger partial charge in [-0.05, 0) is 30.7 Å². The standard InChI is InChI=1S/C14H15N3O2/c1-9-7-13(16-8-11(9)15)17-12-6-4-3-5-10(12)14(18)19-2/h3-8H,15H2,1-2H3,(H,16,17).